The third-order valence-corrected chi connectivity index (χ3v) is 15.2. The van der Waals surface area contributed by atoms with Gasteiger partial charge in [-0.2, -0.15) is 0 Å². The third kappa shape index (κ3) is 6.10. The Morgan fingerprint density at radius 2 is 1.79 bits per heavy atom. The molecule has 1 saturated heterocycles. The van der Waals surface area contributed by atoms with Crippen LogP contribution in [0.25, 0.3) is 0 Å². The van der Waals surface area contributed by atoms with Gasteiger partial charge in [-0.3, -0.25) is 9.59 Å². The van der Waals surface area contributed by atoms with E-state index in [0.717, 1.165) is 12.8 Å². The van der Waals surface area contributed by atoms with E-state index in [4.69, 9.17) is 26.1 Å². The van der Waals surface area contributed by atoms with Crippen LogP contribution in [-0.2, 0) is 10.3 Å². The smallest absolute Gasteiger partial charge is 0.288 e. The van der Waals surface area contributed by atoms with E-state index in [-0.39, 0.29) is 38.6 Å². The van der Waals surface area contributed by atoms with Crippen molar-refractivity contribution in [3.63, 3.8) is 0 Å². The predicted molar refractivity (Wildman–Crippen MR) is 156 cm³/mol. The van der Waals surface area contributed by atoms with Crippen molar-refractivity contribution in [1.29, 1.82) is 0 Å². The molecule has 10 heteroatoms. The number of aromatic nitrogens is 2. The van der Waals surface area contributed by atoms with Crippen molar-refractivity contribution in [2.45, 2.75) is 110 Å². The van der Waals surface area contributed by atoms with Gasteiger partial charge in [0, 0.05) is 6.42 Å². The summed E-state index contributed by atoms with van der Waals surface area (Å²) >= 11 is 6.01. The second-order valence-corrected chi connectivity index (χ2v) is 18.0. The predicted octanol–water partition coefficient (Wildman–Crippen LogP) is 6.94. The first-order valence-corrected chi connectivity index (χ1v) is 16.4. The molecule has 1 atom stereocenters. The summed E-state index contributed by atoms with van der Waals surface area (Å²) in [5.74, 6) is -0.700. The molecule has 0 spiro atoms. The molecule has 2 heterocycles. The number of carbonyl (C=O) groups excluding carboxylic acids is 1. The van der Waals surface area contributed by atoms with Crippen molar-refractivity contribution >= 4 is 25.7 Å². The number of amides is 1. The van der Waals surface area contributed by atoms with E-state index in [1.54, 1.807) is 26.8 Å². The lowest BCUT2D eigenvalue weighted by molar-refractivity contribution is -0.107. The monoisotopic (exact) mass is 579 g/mol. The highest BCUT2D eigenvalue weighted by Gasteiger charge is 2.48. The molecule has 7 nitrogen and oxygen atoms in total. The lowest BCUT2D eigenvalue weighted by atomic mass is 9.94. The number of aryl methyl sites for hydroxylation is 1. The van der Waals surface area contributed by atoms with E-state index in [1.165, 1.54) is 12.1 Å². The van der Waals surface area contributed by atoms with Crippen LogP contribution in [0.2, 0.25) is 21.6 Å². The largest absolute Gasteiger partial charge is 0.457 e. The van der Waals surface area contributed by atoms with E-state index >= 15 is 0 Å². The number of rotatable bonds is 9. The van der Waals surface area contributed by atoms with Gasteiger partial charge in [-0.15, -0.1) is 0 Å². The fourth-order valence-electron chi connectivity index (χ4n) is 6.34. The molecule has 1 fully saturated rings. The van der Waals surface area contributed by atoms with Gasteiger partial charge in [0.15, 0.2) is 20.2 Å². The number of nitrogens with zero attached hydrogens (tertiary/aromatic N) is 2. The van der Waals surface area contributed by atoms with Gasteiger partial charge in [-0.1, -0.05) is 59.2 Å². The summed E-state index contributed by atoms with van der Waals surface area (Å²) in [5, 5.41) is 2.91. The lowest BCUT2D eigenvalue weighted by Crippen LogP contribution is -2.58. The Bertz CT molecular complexity index is 1230. The van der Waals surface area contributed by atoms with E-state index < -0.39 is 31.8 Å². The molecule has 1 aromatic carbocycles. The molecule has 0 bridgehead atoms. The van der Waals surface area contributed by atoms with Gasteiger partial charge in [0.05, 0.1) is 17.2 Å². The van der Waals surface area contributed by atoms with Gasteiger partial charge in [-0.05, 0) is 67.9 Å². The molecule has 0 aliphatic carbocycles. The van der Waals surface area contributed by atoms with Gasteiger partial charge in [0.2, 0.25) is 5.75 Å². The second-order valence-electron chi connectivity index (χ2n) is 12.0. The standard InChI is InChI=1S/C29H43ClFN3O4Si/c1-17(2)39(18(3)4,19(5)6)34-20(7)32-25(26(28(34)36)38-24-12-10-11-15-37-24)27(35)33-29(8,9)21-13-14-23(31)22(30)16-21/h13-14,16-19,24H,10-12,15H2,1-9H3,(H,33,35). The summed E-state index contributed by atoms with van der Waals surface area (Å²) in [6.07, 6.45) is 1.81. The van der Waals surface area contributed by atoms with Crippen LogP contribution in [0.5, 0.6) is 5.75 Å². The minimum atomic E-state index is -2.52. The Morgan fingerprint density at radius 1 is 1.18 bits per heavy atom. The maximum Gasteiger partial charge on any atom is 0.288 e. The zero-order valence-corrected chi connectivity index (χ0v) is 26.4. The normalized spacial score (nSPS) is 16.7. The van der Waals surface area contributed by atoms with E-state index in [0.29, 0.717) is 24.4 Å². The number of hydrogen-bond acceptors (Lipinski definition) is 5. The van der Waals surface area contributed by atoms with Crippen molar-refractivity contribution in [1.82, 2.24) is 14.5 Å². The minimum Gasteiger partial charge on any atom is -0.457 e. The second kappa shape index (κ2) is 12.1. The molecule has 2 aromatic rings. The molecule has 0 radical (unpaired) electrons. The average molecular weight is 580 g/mol. The molecule has 1 aliphatic rings. The van der Waals surface area contributed by atoms with Crippen molar-refractivity contribution in [3.05, 3.63) is 56.5 Å². The first kappa shape index (κ1) is 31.3. The van der Waals surface area contributed by atoms with Gasteiger partial charge in [0.1, 0.15) is 11.6 Å². The van der Waals surface area contributed by atoms with Crippen molar-refractivity contribution < 1.29 is 18.7 Å². The Hall–Kier alpha value is -2.23. The van der Waals surface area contributed by atoms with Crippen molar-refractivity contribution in [2.24, 2.45) is 0 Å². The SMILES string of the molecule is Cc1nc(C(=O)NC(C)(C)c2ccc(F)c(Cl)c2)c(OC2CCCCO2)c(=O)n1[Si](C(C)C)(C(C)C)C(C)C. The number of benzene rings is 1. The number of nitrogens with one attached hydrogen (secondary N) is 1. The Kier molecular flexibility index (Phi) is 9.71. The maximum absolute atomic E-state index is 14.4. The van der Waals surface area contributed by atoms with Crippen LogP contribution >= 0.6 is 11.6 Å². The summed E-state index contributed by atoms with van der Waals surface area (Å²) in [4.78, 5) is 32.9. The van der Waals surface area contributed by atoms with Gasteiger partial charge in [-0.25, -0.2) is 9.37 Å². The molecular formula is C29H43ClFN3O4Si. The molecule has 1 aliphatic heterocycles. The van der Waals surface area contributed by atoms with Crippen LogP contribution < -0.4 is 15.6 Å². The summed E-state index contributed by atoms with van der Waals surface area (Å²) in [7, 11) is -2.52. The number of hydrogen-bond donors (Lipinski definition) is 1. The quantitative estimate of drug-likeness (QED) is 0.325. The van der Waals surface area contributed by atoms with Crippen LogP contribution in [0.4, 0.5) is 4.39 Å². The van der Waals surface area contributed by atoms with Crippen molar-refractivity contribution in [3.8, 4) is 5.75 Å². The molecule has 39 heavy (non-hydrogen) atoms. The summed E-state index contributed by atoms with van der Waals surface area (Å²) < 4.78 is 27.7. The molecule has 0 saturated carbocycles. The van der Waals surface area contributed by atoms with E-state index in [9.17, 15) is 14.0 Å². The highest BCUT2D eigenvalue weighted by atomic mass is 35.5. The van der Waals surface area contributed by atoms with Crippen LogP contribution in [0.3, 0.4) is 0 Å². The Labute approximate surface area is 237 Å². The Balaban J connectivity index is 2.19. The van der Waals surface area contributed by atoms with E-state index in [2.05, 4.69) is 46.9 Å². The Morgan fingerprint density at radius 3 is 2.31 bits per heavy atom. The zero-order chi connectivity index (χ0) is 29.3. The highest BCUT2D eigenvalue weighted by Crippen LogP contribution is 2.42. The molecule has 1 unspecified atom stereocenters. The third-order valence-electron chi connectivity index (χ3n) is 8.04. The molecule has 1 amide bonds. The van der Waals surface area contributed by atoms with Crippen LogP contribution in [0, 0.1) is 12.7 Å². The fraction of sp³-hybridized carbons (Fsp3) is 0.621. The summed E-state index contributed by atoms with van der Waals surface area (Å²) in [6, 6.07) is 4.31. The van der Waals surface area contributed by atoms with Gasteiger partial charge >= 0.3 is 0 Å². The molecule has 216 valence electrons. The first-order chi connectivity index (χ1) is 18.1. The van der Waals surface area contributed by atoms with E-state index in [1.807, 2.05) is 4.23 Å². The maximum atomic E-state index is 14.4. The number of ether oxygens (including phenoxy) is 2. The number of carbonyl (C=O) groups is 1. The first-order valence-electron chi connectivity index (χ1n) is 13.8. The van der Waals surface area contributed by atoms with Crippen molar-refractivity contribution in [2.75, 3.05) is 6.61 Å². The molecule has 1 aromatic heterocycles. The van der Waals surface area contributed by atoms with Gasteiger partial charge in [0.25, 0.3) is 11.5 Å². The fourth-order valence-corrected chi connectivity index (χ4v) is 13.1. The highest BCUT2D eigenvalue weighted by molar-refractivity contribution is 6.82. The van der Waals surface area contributed by atoms with Crippen LogP contribution in [-0.4, -0.2) is 36.3 Å². The lowest BCUT2D eigenvalue weighted by Gasteiger charge is -2.44. The number of halogens is 2. The minimum absolute atomic E-state index is 0.0396. The zero-order valence-electron chi connectivity index (χ0n) is 24.7. The van der Waals surface area contributed by atoms with Gasteiger partial charge < -0.3 is 19.0 Å². The topological polar surface area (TPSA) is 82.5 Å². The molecule has 1 N–H and O–H groups in total. The molecular weight excluding hydrogens is 537 g/mol. The summed E-state index contributed by atoms with van der Waals surface area (Å²) in [5.41, 5.74) is -0.0557. The van der Waals surface area contributed by atoms with Crippen LogP contribution in [0.15, 0.2) is 23.0 Å². The summed E-state index contributed by atoms with van der Waals surface area (Å²) in [6.45, 7) is 18.9. The average Bonchev–Trinajstić information content (AvgIpc) is 2.84. The molecule has 3 rings (SSSR count). The van der Waals surface area contributed by atoms with Crippen LogP contribution in [0.1, 0.15) is 96.5 Å².